The second-order valence-electron chi connectivity index (χ2n) is 6.47. The number of carbonyl (C=O) groups is 4. The first-order chi connectivity index (χ1) is 16.2. The van der Waals surface area contributed by atoms with Gasteiger partial charge in [0.25, 0.3) is 0 Å². The van der Waals surface area contributed by atoms with Crippen molar-refractivity contribution in [1.82, 2.24) is 0 Å². The van der Waals surface area contributed by atoms with Crippen LogP contribution in [0.25, 0.3) is 0 Å². The van der Waals surface area contributed by atoms with Crippen LogP contribution >= 0.6 is 0 Å². The van der Waals surface area contributed by atoms with Crippen LogP contribution in [0.4, 0.5) is 0 Å². The molecular weight excluding hydrogens is 456 g/mol. The van der Waals surface area contributed by atoms with E-state index in [0.717, 1.165) is 38.5 Å². The molecule has 182 valence electrons. The number of hydrogen-bond acceptors (Lipinski definition) is 12. The summed E-state index contributed by atoms with van der Waals surface area (Å²) in [6.07, 6.45) is -4.10. The van der Waals surface area contributed by atoms with Crippen molar-refractivity contribution in [3.63, 3.8) is 0 Å². The Balaban J connectivity index is 2.37. The zero-order valence-corrected chi connectivity index (χ0v) is 18.6. The number of aromatic hydroxyl groups is 2. The molecule has 0 aliphatic rings. The van der Waals surface area contributed by atoms with Gasteiger partial charge in [0.1, 0.15) is 0 Å². The van der Waals surface area contributed by atoms with Crippen LogP contribution in [0.1, 0.15) is 20.7 Å². The van der Waals surface area contributed by atoms with E-state index < -0.39 is 36.1 Å². The SMILES string of the molecule is COC(=O)[C@H](OC(=O)c1ccc(O)c(OC)c1)[C@@H](OC(=O)c1ccc(O)c(OC)c1)C(=O)OC. The first kappa shape index (κ1) is 25.8. The van der Waals surface area contributed by atoms with Gasteiger partial charge < -0.3 is 38.6 Å². The third-order valence-corrected chi connectivity index (χ3v) is 4.44. The summed E-state index contributed by atoms with van der Waals surface area (Å²) < 4.78 is 29.3. The zero-order valence-electron chi connectivity index (χ0n) is 18.6. The molecule has 2 N–H and O–H groups in total. The van der Waals surface area contributed by atoms with Crippen LogP contribution in [-0.4, -0.2) is 74.7 Å². The molecule has 0 aliphatic carbocycles. The molecule has 2 aromatic carbocycles. The number of esters is 4. The van der Waals surface area contributed by atoms with Crippen molar-refractivity contribution in [2.45, 2.75) is 12.2 Å². The molecule has 0 radical (unpaired) electrons. The molecule has 0 bridgehead atoms. The Kier molecular flexibility index (Phi) is 8.65. The van der Waals surface area contributed by atoms with Crippen LogP contribution in [0, 0.1) is 0 Å². The summed E-state index contributed by atoms with van der Waals surface area (Å²) in [5, 5.41) is 19.4. The highest BCUT2D eigenvalue weighted by atomic mass is 16.6. The molecule has 0 fully saturated rings. The number of phenols is 2. The van der Waals surface area contributed by atoms with Crippen molar-refractivity contribution in [1.29, 1.82) is 0 Å². The van der Waals surface area contributed by atoms with Crippen LogP contribution in [0.5, 0.6) is 23.0 Å². The molecule has 2 rings (SSSR count). The van der Waals surface area contributed by atoms with E-state index in [0.29, 0.717) is 0 Å². The number of methoxy groups -OCH3 is 4. The first-order valence-corrected chi connectivity index (χ1v) is 9.48. The lowest BCUT2D eigenvalue weighted by Crippen LogP contribution is -2.47. The zero-order chi connectivity index (χ0) is 25.4. The molecule has 0 saturated heterocycles. The molecule has 12 heteroatoms. The maximum atomic E-state index is 12.6. The van der Waals surface area contributed by atoms with Gasteiger partial charge in [-0.2, -0.15) is 0 Å². The third-order valence-electron chi connectivity index (χ3n) is 4.44. The summed E-state index contributed by atoms with van der Waals surface area (Å²) >= 11 is 0. The minimum atomic E-state index is -2.05. The van der Waals surface area contributed by atoms with E-state index in [-0.39, 0.29) is 34.1 Å². The molecule has 0 aromatic heterocycles. The molecule has 0 amide bonds. The highest BCUT2D eigenvalue weighted by Gasteiger charge is 2.42. The van der Waals surface area contributed by atoms with Gasteiger partial charge in [-0.1, -0.05) is 0 Å². The maximum Gasteiger partial charge on any atom is 0.351 e. The molecule has 0 aliphatic heterocycles. The minimum Gasteiger partial charge on any atom is -0.504 e. The molecular formula is C22H22O12. The Bertz CT molecular complexity index is 992. The number of rotatable bonds is 9. The molecule has 0 spiro atoms. The van der Waals surface area contributed by atoms with E-state index in [4.69, 9.17) is 18.9 Å². The van der Waals surface area contributed by atoms with Crippen LogP contribution in [0.15, 0.2) is 36.4 Å². The van der Waals surface area contributed by atoms with Crippen molar-refractivity contribution < 1.29 is 57.8 Å². The fourth-order valence-electron chi connectivity index (χ4n) is 2.68. The van der Waals surface area contributed by atoms with E-state index in [1.807, 2.05) is 0 Å². The van der Waals surface area contributed by atoms with Gasteiger partial charge in [-0.15, -0.1) is 0 Å². The predicted molar refractivity (Wildman–Crippen MR) is 112 cm³/mol. The maximum absolute atomic E-state index is 12.6. The number of carbonyl (C=O) groups excluding carboxylic acids is 4. The summed E-state index contributed by atoms with van der Waals surface area (Å²) in [7, 11) is 4.44. The summed E-state index contributed by atoms with van der Waals surface area (Å²) in [6.45, 7) is 0. The summed E-state index contributed by atoms with van der Waals surface area (Å²) in [5.41, 5.74) is -0.302. The molecule has 12 nitrogen and oxygen atoms in total. The Morgan fingerprint density at radius 3 is 1.29 bits per heavy atom. The largest absolute Gasteiger partial charge is 0.504 e. The lowest BCUT2D eigenvalue weighted by atomic mass is 10.1. The lowest BCUT2D eigenvalue weighted by molar-refractivity contribution is -0.170. The molecule has 2 atom stereocenters. The van der Waals surface area contributed by atoms with Gasteiger partial charge in [-0.05, 0) is 36.4 Å². The molecule has 0 saturated carbocycles. The van der Waals surface area contributed by atoms with E-state index in [1.54, 1.807) is 0 Å². The van der Waals surface area contributed by atoms with Crippen molar-refractivity contribution in [3.05, 3.63) is 47.5 Å². The second kappa shape index (κ2) is 11.4. The quantitative estimate of drug-likeness (QED) is 0.392. The summed E-state index contributed by atoms with van der Waals surface area (Å²) in [6, 6.07) is 6.92. The van der Waals surface area contributed by atoms with Crippen molar-refractivity contribution >= 4 is 23.9 Å². The van der Waals surface area contributed by atoms with Gasteiger partial charge in [-0.3, -0.25) is 0 Å². The number of ether oxygens (including phenoxy) is 6. The van der Waals surface area contributed by atoms with Gasteiger partial charge in [-0.25, -0.2) is 19.2 Å². The topological polar surface area (TPSA) is 164 Å². The average Bonchev–Trinajstić information content (AvgIpc) is 2.85. The monoisotopic (exact) mass is 478 g/mol. The standard InChI is InChI=1S/C22H22O12/c1-29-15-9-11(5-7-13(15)23)19(25)33-17(21(27)31-3)18(22(28)32-4)34-20(26)12-6-8-14(24)16(10-12)30-2/h5-10,17-18,23-24H,1-4H3/t17-,18-/m1/s1. The Morgan fingerprint density at radius 2 is 1.00 bits per heavy atom. The summed E-state index contributed by atoms with van der Waals surface area (Å²) in [4.78, 5) is 50.0. The van der Waals surface area contributed by atoms with Gasteiger partial charge in [0.15, 0.2) is 23.0 Å². The highest BCUT2D eigenvalue weighted by Crippen LogP contribution is 2.28. The number of phenolic OH excluding ortho intramolecular Hbond substituents is 2. The summed E-state index contributed by atoms with van der Waals surface area (Å²) in [5.74, 6) is -5.29. The minimum absolute atomic E-state index is 0.0544. The van der Waals surface area contributed by atoms with Gasteiger partial charge in [0.2, 0.25) is 12.2 Å². The third kappa shape index (κ3) is 5.85. The smallest absolute Gasteiger partial charge is 0.351 e. The Morgan fingerprint density at radius 1 is 0.647 bits per heavy atom. The lowest BCUT2D eigenvalue weighted by Gasteiger charge is -2.23. The average molecular weight is 478 g/mol. The highest BCUT2D eigenvalue weighted by molar-refractivity contribution is 5.96. The van der Waals surface area contributed by atoms with E-state index in [9.17, 15) is 29.4 Å². The normalized spacial score (nSPS) is 12.0. The second-order valence-corrected chi connectivity index (χ2v) is 6.47. The van der Waals surface area contributed by atoms with Crippen LogP contribution in [-0.2, 0) is 28.5 Å². The molecule has 0 heterocycles. The Hall–Kier alpha value is -4.48. The fourth-order valence-corrected chi connectivity index (χ4v) is 2.68. The predicted octanol–water partition coefficient (Wildman–Crippen LogP) is 1.21. The van der Waals surface area contributed by atoms with Gasteiger partial charge >= 0.3 is 23.9 Å². The van der Waals surface area contributed by atoms with E-state index >= 15 is 0 Å². The van der Waals surface area contributed by atoms with Crippen LogP contribution in [0.2, 0.25) is 0 Å². The van der Waals surface area contributed by atoms with Crippen LogP contribution in [0.3, 0.4) is 0 Å². The van der Waals surface area contributed by atoms with Crippen molar-refractivity contribution in [3.8, 4) is 23.0 Å². The van der Waals surface area contributed by atoms with Crippen LogP contribution < -0.4 is 9.47 Å². The van der Waals surface area contributed by atoms with E-state index in [2.05, 4.69) is 9.47 Å². The van der Waals surface area contributed by atoms with Gasteiger partial charge in [0.05, 0.1) is 39.6 Å². The Labute approximate surface area is 193 Å². The molecule has 2 aromatic rings. The number of hydrogen-bond donors (Lipinski definition) is 2. The first-order valence-electron chi connectivity index (χ1n) is 9.48. The van der Waals surface area contributed by atoms with Crippen molar-refractivity contribution in [2.24, 2.45) is 0 Å². The van der Waals surface area contributed by atoms with E-state index in [1.165, 1.54) is 26.4 Å². The number of benzene rings is 2. The fraction of sp³-hybridized carbons (Fsp3) is 0.273. The van der Waals surface area contributed by atoms with Crippen molar-refractivity contribution in [2.75, 3.05) is 28.4 Å². The van der Waals surface area contributed by atoms with Gasteiger partial charge in [0, 0.05) is 0 Å². The molecule has 34 heavy (non-hydrogen) atoms. The molecule has 0 unspecified atom stereocenters.